The predicted octanol–water partition coefficient (Wildman–Crippen LogP) is 6.88. The zero-order valence-corrected chi connectivity index (χ0v) is 39.5. The third kappa shape index (κ3) is 19.0. The Kier molecular flexibility index (Phi) is 21.2. The van der Waals surface area contributed by atoms with Crippen LogP contribution in [-0.2, 0) is 43.2 Å². The van der Waals surface area contributed by atoms with Crippen LogP contribution in [0.1, 0.15) is 41.2 Å². The van der Waals surface area contributed by atoms with E-state index in [0.717, 1.165) is 34.2 Å². The fourth-order valence-corrected chi connectivity index (χ4v) is 6.93. The molecule has 7 aromatic rings. The van der Waals surface area contributed by atoms with Crippen molar-refractivity contribution in [2.75, 3.05) is 26.2 Å². The van der Waals surface area contributed by atoms with E-state index < -0.39 is 54.8 Å². The minimum atomic E-state index is -1.07. The molecule has 0 aliphatic heterocycles. The molecule has 7 rings (SSSR count). The summed E-state index contributed by atoms with van der Waals surface area (Å²) in [6, 6.07) is 51.9. The first-order valence-electron chi connectivity index (χ1n) is 23.1. The van der Waals surface area contributed by atoms with Gasteiger partial charge in [-0.1, -0.05) is 158 Å². The molecule has 13 nitrogen and oxygen atoms in total. The Morgan fingerprint density at radius 3 is 1.74 bits per heavy atom. The summed E-state index contributed by atoms with van der Waals surface area (Å²) in [5.41, 5.74) is 14.9. The first-order chi connectivity index (χ1) is 33.4. The number of ether oxygens (including phenoxy) is 1. The van der Waals surface area contributed by atoms with Gasteiger partial charge in [0.25, 0.3) is 5.91 Å². The van der Waals surface area contributed by atoms with Crippen LogP contribution in [0.3, 0.4) is 0 Å². The number of para-hydroxylation sites is 1. The maximum atomic E-state index is 13.3. The van der Waals surface area contributed by atoms with Crippen molar-refractivity contribution in [3.8, 4) is 16.9 Å². The Morgan fingerprint density at radius 1 is 0.565 bits per heavy atom. The van der Waals surface area contributed by atoms with E-state index in [0.29, 0.717) is 18.6 Å². The molecule has 0 radical (unpaired) electrons. The summed E-state index contributed by atoms with van der Waals surface area (Å²) in [4.78, 5) is 66.4. The number of hydrogen-bond donors (Lipinski definition) is 7. The summed E-state index contributed by atoms with van der Waals surface area (Å²) in [6.45, 7) is 4.77. The molecule has 0 fully saturated rings. The Hall–Kier alpha value is -8.03. The lowest BCUT2D eigenvalue weighted by Gasteiger charge is -2.19. The van der Waals surface area contributed by atoms with Gasteiger partial charge < -0.3 is 42.0 Å². The Labute approximate surface area is 404 Å². The van der Waals surface area contributed by atoms with Crippen LogP contribution in [0.5, 0.6) is 5.75 Å². The molecule has 5 amide bonds. The summed E-state index contributed by atoms with van der Waals surface area (Å²) in [5.74, 6) is -2.29. The monoisotopic (exact) mass is 929 g/mol. The highest BCUT2D eigenvalue weighted by molar-refractivity contribution is 5.93. The van der Waals surface area contributed by atoms with E-state index in [9.17, 15) is 24.0 Å². The highest BCUT2D eigenvalue weighted by Crippen LogP contribution is 2.20. The van der Waals surface area contributed by atoms with Crippen LogP contribution in [0.4, 0.5) is 0 Å². The highest BCUT2D eigenvalue weighted by atomic mass is 16.5. The van der Waals surface area contributed by atoms with Gasteiger partial charge in [0.05, 0.1) is 25.8 Å². The molecule has 0 saturated carbocycles. The number of carbonyl (C=O) groups excluding carboxylic acids is 5. The number of nitrogens with one attached hydrogen (secondary N) is 6. The molecular formula is C56H63N7O6. The van der Waals surface area contributed by atoms with E-state index in [1.54, 1.807) is 12.1 Å². The second-order valence-corrected chi connectivity index (χ2v) is 16.3. The molecule has 358 valence electrons. The number of amides is 5. The molecule has 0 aliphatic rings. The van der Waals surface area contributed by atoms with E-state index in [1.807, 2.05) is 122 Å². The molecule has 2 atom stereocenters. The van der Waals surface area contributed by atoms with E-state index in [4.69, 9.17) is 10.5 Å². The molecule has 69 heavy (non-hydrogen) atoms. The molecule has 13 heteroatoms. The number of nitrogens with two attached hydrogens (primary N) is 1. The molecule has 0 saturated heterocycles. The molecule has 0 aliphatic carbocycles. The van der Waals surface area contributed by atoms with Crippen molar-refractivity contribution < 1.29 is 28.7 Å². The van der Waals surface area contributed by atoms with Gasteiger partial charge in [-0.2, -0.15) is 0 Å². The molecule has 8 N–H and O–H groups in total. The third-order valence-corrected chi connectivity index (χ3v) is 10.8. The van der Waals surface area contributed by atoms with E-state index in [2.05, 4.69) is 87.9 Å². The number of hydrogen-bond acceptors (Lipinski definition) is 7. The topological polar surface area (TPSA) is 197 Å². The van der Waals surface area contributed by atoms with Crippen molar-refractivity contribution in [2.45, 2.75) is 58.7 Å². The van der Waals surface area contributed by atoms with Gasteiger partial charge in [-0.05, 0) is 84.7 Å². The van der Waals surface area contributed by atoms with Gasteiger partial charge in [0, 0.05) is 23.5 Å². The smallest absolute Gasteiger partial charge is 0.258 e. The normalized spacial score (nSPS) is 11.2. The highest BCUT2D eigenvalue weighted by Gasteiger charge is 2.23. The fraction of sp³-hybridized carbons (Fsp3) is 0.232. The largest absolute Gasteiger partial charge is 0.484 e. The van der Waals surface area contributed by atoms with Crippen LogP contribution >= 0.6 is 0 Å². The number of carbonyl (C=O) groups is 5. The predicted molar refractivity (Wildman–Crippen MR) is 273 cm³/mol. The lowest BCUT2D eigenvalue weighted by atomic mass is 10.00. The van der Waals surface area contributed by atoms with Crippen LogP contribution in [0.2, 0.25) is 0 Å². The first kappa shape index (κ1) is 51.9. The summed E-state index contributed by atoms with van der Waals surface area (Å²) in [7, 11) is 0. The second kappa shape index (κ2) is 28.2. The molecule has 0 spiro atoms. The summed E-state index contributed by atoms with van der Waals surface area (Å²) < 4.78 is 5.45. The quantitative estimate of drug-likeness (QED) is 0.0430. The average molecular weight is 930 g/mol. The maximum absolute atomic E-state index is 13.3. The van der Waals surface area contributed by atoms with E-state index in [-0.39, 0.29) is 19.6 Å². The Bertz CT molecular complexity index is 2660. The van der Waals surface area contributed by atoms with E-state index >= 15 is 0 Å². The summed E-state index contributed by atoms with van der Waals surface area (Å²) >= 11 is 0. The Balaban J connectivity index is 0.000000404. The van der Waals surface area contributed by atoms with Crippen molar-refractivity contribution in [1.29, 1.82) is 0 Å². The molecular weight excluding hydrogens is 867 g/mol. The molecule has 1 aromatic heterocycles. The van der Waals surface area contributed by atoms with Crippen LogP contribution in [0.25, 0.3) is 22.0 Å². The number of fused-ring (bicyclic) bond motifs is 1. The van der Waals surface area contributed by atoms with Crippen molar-refractivity contribution in [2.24, 2.45) is 5.73 Å². The van der Waals surface area contributed by atoms with Crippen molar-refractivity contribution in [3.05, 3.63) is 198 Å². The van der Waals surface area contributed by atoms with Gasteiger partial charge in [-0.3, -0.25) is 24.0 Å². The minimum absolute atomic E-state index is 0.113. The van der Waals surface area contributed by atoms with E-state index in [1.165, 1.54) is 22.0 Å². The van der Waals surface area contributed by atoms with Gasteiger partial charge in [0.15, 0.2) is 6.61 Å². The van der Waals surface area contributed by atoms with Crippen LogP contribution in [0, 0.1) is 13.8 Å². The van der Waals surface area contributed by atoms with Crippen LogP contribution in [-0.4, -0.2) is 73.0 Å². The number of aromatic nitrogens is 1. The number of aromatic amines is 1. The molecule has 0 bridgehead atoms. The van der Waals surface area contributed by atoms with Gasteiger partial charge in [0.1, 0.15) is 11.8 Å². The van der Waals surface area contributed by atoms with Crippen LogP contribution in [0.15, 0.2) is 170 Å². The average Bonchev–Trinajstić information content (AvgIpc) is 3.77. The standard InChI is InChI=1S/C39H44N6O6.C9H9N.C8H10/c1-27-12-19-32(20-13-27)51-26-38(49)42-24-36(47)44-33(22-29-14-17-31(18-15-29)30-10-6-3-7-11-30)39(50)43-23-35(46)41-25-37(48)45-34(40)21-16-28-8-4-2-5-9-28;1-7-6-10-9-5-3-2-4-8(7)9;1-2-8-6-4-3-5-7-8/h2-15,17-20,33-34H,16,21-26,40H2,1H3,(H,41,46)(H,42,49)(H,43,50)(H,44,47)(H,45,48);2-6,10H,1H3;3-7H,2H2,1H3/t33-,34-;;/m1../s1. The van der Waals surface area contributed by atoms with Crippen LogP contribution < -0.4 is 37.1 Å². The number of aryl methyl sites for hydroxylation is 4. The van der Waals surface area contributed by atoms with Crippen molar-refractivity contribution in [3.63, 3.8) is 0 Å². The van der Waals surface area contributed by atoms with Gasteiger partial charge >= 0.3 is 0 Å². The van der Waals surface area contributed by atoms with Gasteiger partial charge in [-0.25, -0.2) is 0 Å². The fourth-order valence-electron chi connectivity index (χ4n) is 6.93. The zero-order chi connectivity index (χ0) is 49.2. The maximum Gasteiger partial charge on any atom is 0.258 e. The van der Waals surface area contributed by atoms with Crippen molar-refractivity contribution >= 4 is 40.4 Å². The second-order valence-electron chi connectivity index (χ2n) is 16.3. The molecule has 0 unspecified atom stereocenters. The number of benzene rings is 6. The lowest BCUT2D eigenvalue weighted by Crippen LogP contribution is -2.52. The first-order valence-corrected chi connectivity index (χ1v) is 23.1. The summed E-state index contributed by atoms with van der Waals surface area (Å²) in [6.07, 6.45) is 3.90. The molecule has 1 heterocycles. The van der Waals surface area contributed by atoms with Crippen molar-refractivity contribution in [1.82, 2.24) is 31.6 Å². The SMILES string of the molecule is CCc1ccccc1.Cc1c[nH]c2ccccc12.Cc1ccc(OCC(=O)NCC(=O)N[C@H](Cc2ccc(-c3ccccc3)cc2)C(=O)NCC(=O)NCC(=O)N[C@@H](N)CCc2ccccc2)cc1. The number of rotatable bonds is 19. The zero-order valence-electron chi connectivity index (χ0n) is 39.5. The molecule has 6 aromatic carbocycles. The third-order valence-electron chi connectivity index (χ3n) is 10.8. The number of H-pyrrole nitrogens is 1. The summed E-state index contributed by atoms with van der Waals surface area (Å²) in [5, 5.41) is 14.1. The lowest BCUT2D eigenvalue weighted by molar-refractivity contribution is -0.131. The van der Waals surface area contributed by atoms with Gasteiger partial charge in [0.2, 0.25) is 23.6 Å². The Morgan fingerprint density at radius 2 is 1.12 bits per heavy atom. The van der Waals surface area contributed by atoms with Gasteiger partial charge in [-0.15, -0.1) is 0 Å². The minimum Gasteiger partial charge on any atom is -0.484 e.